The zero-order valence-corrected chi connectivity index (χ0v) is 13.2. The van der Waals surface area contributed by atoms with Crippen LogP contribution >= 0.6 is 24.2 Å². The van der Waals surface area contributed by atoms with E-state index in [1.165, 1.54) is 0 Å². The summed E-state index contributed by atoms with van der Waals surface area (Å²) in [6.45, 7) is 4.17. The van der Waals surface area contributed by atoms with Crippen molar-refractivity contribution in [3.63, 3.8) is 0 Å². The van der Waals surface area contributed by atoms with Gasteiger partial charge in [-0.2, -0.15) is 11.8 Å². The van der Waals surface area contributed by atoms with Crippen LogP contribution in [0, 0.1) is 5.92 Å². The van der Waals surface area contributed by atoms with Gasteiger partial charge < -0.3 is 16.0 Å². The molecule has 0 spiro atoms. The molecule has 1 fully saturated rings. The number of nitrogens with zero attached hydrogens (tertiary/aromatic N) is 1. The summed E-state index contributed by atoms with van der Waals surface area (Å²) < 4.78 is 0. The Morgan fingerprint density at radius 3 is 2.79 bits per heavy atom. The maximum absolute atomic E-state index is 12.1. The molecule has 3 N–H and O–H groups in total. The molecule has 0 bridgehead atoms. The molecule has 19 heavy (non-hydrogen) atoms. The summed E-state index contributed by atoms with van der Waals surface area (Å²) in [5.74, 6) is 0.0804. The van der Waals surface area contributed by atoms with E-state index in [2.05, 4.69) is 5.32 Å². The van der Waals surface area contributed by atoms with E-state index in [9.17, 15) is 9.59 Å². The van der Waals surface area contributed by atoms with Gasteiger partial charge in [-0.3, -0.25) is 9.59 Å². The predicted molar refractivity (Wildman–Crippen MR) is 81.6 cm³/mol. The lowest BCUT2D eigenvalue weighted by molar-refractivity contribution is -0.135. The van der Waals surface area contributed by atoms with Crippen LogP contribution in [0.5, 0.6) is 0 Å². The lowest BCUT2D eigenvalue weighted by atomic mass is 9.97. The highest BCUT2D eigenvalue weighted by molar-refractivity contribution is 7.99. The zero-order valence-electron chi connectivity index (χ0n) is 11.6. The Morgan fingerprint density at radius 2 is 2.21 bits per heavy atom. The molecule has 1 heterocycles. The Balaban J connectivity index is 0.00000324. The van der Waals surface area contributed by atoms with Crippen molar-refractivity contribution < 1.29 is 9.59 Å². The fourth-order valence-corrected chi connectivity index (χ4v) is 2.44. The van der Waals surface area contributed by atoms with E-state index in [0.29, 0.717) is 19.6 Å². The molecule has 1 aliphatic rings. The third kappa shape index (κ3) is 5.58. The minimum atomic E-state index is -0.0803. The van der Waals surface area contributed by atoms with E-state index in [1.807, 2.05) is 18.1 Å². The number of likely N-dealkylation sites (tertiary alicyclic amines) is 1. The second-order valence-electron chi connectivity index (χ2n) is 4.58. The first-order valence-electron chi connectivity index (χ1n) is 6.39. The number of nitrogens with one attached hydrogen (secondary N) is 1. The summed E-state index contributed by atoms with van der Waals surface area (Å²) in [5.41, 5.74) is 5.36. The molecule has 0 radical (unpaired) electrons. The molecule has 2 amide bonds. The van der Waals surface area contributed by atoms with Crippen LogP contribution in [0.15, 0.2) is 0 Å². The van der Waals surface area contributed by atoms with Crippen LogP contribution in [0.25, 0.3) is 0 Å². The highest BCUT2D eigenvalue weighted by Crippen LogP contribution is 2.19. The minimum Gasteiger partial charge on any atom is -0.355 e. The van der Waals surface area contributed by atoms with Crippen molar-refractivity contribution in [3.05, 3.63) is 0 Å². The van der Waals surface area contributed by atoms with Crippen LogP contribution in [-0.2, 0) is 9.59 Å². The second-order valence-corrected chi connectivity index (χ2v) is 5.76. The molecule has 0 aromatic carbocycles. The first-order valence-corrected chi connectivity index (χ1v) is 7.68. The standard InChI is InChI=1S/C12H23N3O2S.ClH/c1-9(18-2)12(17)15-7-3-4-10(8-15)11(16)14-6-5-13;/h9-10H,3-8,13H2,1-2H3,(H,14,16);1H. The highest BCUT2D eigenvalue weighted by atomic mass is 35.5. The molecule has 0 aromatic rings. The SMILES string of the molecule is CSC(C)C(=O)N1CCCC(C(=O)NCCN)C1.Cl. The van der Waals surface area contributed by atoms with Crippen LogP contribution in [0.2, 0.25) is 0 Å². The van der Waals surface area contributed by atoms with E-state index >= 15 is 0 Å². The topological polar surface area (TPSA) is 75.4 Å². The summed E-state index contributed by atoms with van der Waals surface area (Å²) in [7, 11) is 0. The Labute approximate surface area is 125 Å². The predicted octanol–water partition coefficient (Wildman–Crippen LogP) is 0.473. The smallest absolute Gasteiger partial charge is 0.235 e. The number of thioether (sulfide) groups is 1. The van der Waals surface area contributed by atoms with Crippen molar-refractivity contribution >= 4 is 36.0 Å². The third-order valence-corrected chi connectivity index (χ3v) is 4.16. The van der Waals surface area contributed by atoms with Gasteiger partial charge in [0.1, 0.15) is 0 Å². The van der Waals surface area contributed by atoms with Crippen molar-refractivity contribution in [2.75, 3.05) is 32.4 Å². The molecular formula is C12H24ClN3O2S. The number of hydrogen-bond acceptors (Lipinski definition) is 4. The molecule has 112 valence electrons. The summed E-state index contributed by atoms with van der Waals surface area (Å²) in [5, 5.41) is 2.77. The fourth-order valence-electron chi connectivity index (χ4n) is 2.09. The van der Waals surface area contributed by atoms with Crippen molar-refractivity contribution in [2.45, 2.75) is 25.0 Å². The number of nitrogens with two attached hydrogens (primary N) is 1. The average molecular weight is 310 g/mol. The maximum atomic E-state index is 12.1. The molecule has 2 atom stereocenters. The Kier molecular flexibility index (Phi) is 9.22. The number of carbonyl (C=O) groups is 2. The molecule has 0 aliphatic carbocycles. The average Bonchev–Trinajstić information content (AvgIpc) is 2.43. The molecule has 7 heteroatoms. The summed E-state index contributed by atoms with van der Waals surface area (Å²) in [6.07, 6.45) is 3.68. The van der Waals surface area contributed by atoms with Crippen LogP contribution < -0.4 is 11.1 Å². The quantitative estimate of drug-likeness (QED) is 0.774. The summed E-state index contributed by atoms with van der Waals surface area (Å²) in [6, 6.07) is 0. The van der Waals surface area contributed by atoms with Gasteiger partial charge in [-0.05, 0) is 26.0 Å². The van der Waals surface area contributed by atoms with Crippen molar-refractivity contribution in [2.24, 2.45) is 11.7 Å². The lowest BCUT2D eigenvalue weighted by Gasteiger charge is -2.33. The third-order valence-electron chi connectivity index (χ3n) is 3.25. The van der Waals surface area contributed by atoms with Crippen LogP contribution in [0.4, 0.5) is 0 Å². The van der Waals surface area contributed by atoms with Gasteiger partial charge in [0.05, 0.1) is 11.2 Å². The van der Waals surface area contributed by atoms with Gasteiger partial charge in [-0.25, -0.2) is 0 Å². The number of carbonyl (C=O) groups excluding carboxylic acids is 2. The highest BCUT2D eigenvalue weighted by Gasteiger charge is 2.29. The van der Waals surface area contributed by atoms with Gasteiger partial charge in [0.15, 0.2) is 0 Å². The van der Waals surface area contributed by atoms with Crippen LogP contribution in [-0.4, -0.2) is 54.4 Å². The zero-order chi connectivity index (χ0) is 13.5. The van der Waals surface area contributed by atoms with Gasteiger partial charge in [0.25, 0.3) is 0 Å². The van der Waals surface area contributed by atoms with E-state index in [4.69, 9.17) is 5.73 Å². The van der Waals surface area contributed by atoms with E-state index in [1.54, 1.807) is 11.8 Å². The van der Waals surface area contributed by atoms with Gasteiger partial charge >= 0.3 is 0 Å². The van der Waals surface area contributed by atoms with Gasteiger partial charge in [-0.1, -0.05) is 0 Å². The molecule has 1 rings (SSSR count). The van der Waals surface area contributed by atoms with E-state index in [-0.39, 0.29) is 35.4 Å². The molecule has 1 saturated heterocycles. The lowest BCUT2D eigenvalue weighted by Crippen LogP contribution is -2.48. The Bertz CT molecular complexity index is 305. The summed E-state index contributed by atoms with van der Waals surface area (Å²) in [4.78, 5) is 25.7. The molecule has 2 unspecified atom stereocenters. The van der Waals surface area contributed by atoms with Gasteiger partial charge in [-0.15, -0.1) is 12.4 Å². The molecular weight excluding hydrogens is 286 g/mol. The second kappa shape index (κ2) is 9.44. The monoisotopic (exact) mass is 309 g/mol. The summed E-state index contributed by atoms with van der Waals surface area (Å²) >= 11 is 1.54. The number of hydrogen-bond donors (Lipinski definition) is 2. The van der Waals surface area contributed by atoms with Crippen molar-refractivity contribution in [3.8, 4) is 0 Å². The Hall–Kier alpha value is -0.460. The molecule has 0 aromatic heterocycles. The van der Waals surface area contributed by atoms with E-state index in [0.717, 1.165) is 19.4 Å². The fraction of sp³-hybridized carbons (Fsp3) is 0.833. The maximum Gasteiger partial charge on any atom is 0.235 e. The van der Waals surface area contributed by atoms with Crippen LogP contribution in [0.3, 0.4) is 0 Å². The number of halogens is 1. The largest absolute Gasteiger partial charge is 0.355 e. The van der Waals surface area contributed by atoms with Gasteiger partial charge in [0.2, 0.25) is 11.8 Å². The Morgan fingerprint density at radius 1 is 1.53 bits per heavy atom. The molecule has 5 nitrogen and oxygen atoms in total. The number of piperidine rings is 1. The molecule has 1 aliphatic heterocycles. The first kappa shape index (κ1) is 18.5. The van der Waals surface area contributed by atoms with Gasteiger partial charge in [0, 0.05) is 26.2 Å². The normalized spacial score (nSPS) is 20.4. The number of amides is 2. The first-order chi connectivity index (χ1) is 8.60. The molecule has 0 saturated carbocycles. The minimum absolute atomic E-state index is 0. The van der Waals surface area contributed by atoms with Crippen molar-refractivity contribution in [1.29, 1.82) is 0 Å². The van der Waals surface area contributed by atoms with Crippen LogP contribution in [0.1, 0.15) is 19.8 Å². The van der Waals surface area contributed by atoms with Crippen molar-refractivity contribution in [1.82, 2.24) is 10.2 Å². The van der Waals surface area contributed by atoms with E-state index < -0.39 is 0 Å². The number of rotatable bonds is 5.